The van der Waals surface area contributed by atoms with Gasteiger partial charge in [0.25, 0.3) is 0 Å². The van der Waals surface area contributed by atoms with Gasteiger partial charge in [-0.3, -0.25) is 0 Å². The predicted octanol–water partition coefficient (Wildman–Crippen LogP) is 4.88. The van der Waals surface area contributed by atoms with Gasteiger partial charge >= 0.3 is 0 Å². The number of hydrogen-bond acceptors (Lipinski definition) is 4. The molecule has 0 saturated carbocycles. The highest BCUT2D eigenvalue weighted by molar-refractivity contribution is 5.89. The molecule has 3 aromatic carbocycles. The molecule has 28 heavy (non-hydrogen) atoms. The van der Waals surface area contributed by atoms with Gasteiger partial charge in [-0.25, -0.2) is 0 Å². The molecule has 0 radical (unpaired) electrons. The van der Waals surface area contributed by atoms with Crippen LogP contribution < -0.4 is 19.5 Å². The summed E-state index contributed by atoms with van der Waals surface area (Å²) in [6.45, 7) is 6.13. The maximum absolute atomic E-state index is 5.90. The molecule has 1 aliphatic heterocycles. The molecule has 1 aliphatic rings. The van der Waals surface area contributed by atoms with Gasteiger partial charge in [0.1, 0.15) is 5.75 Å². The highest BCUT2D eigenvalue weighted by atomic mass is 16.5. The lowest BCUT2D eigenvalue weighted by molar-refractivity contribution is 0.286. The molecule has 3 aromatic rings. The van der Waals surface area contributed by atoms with Crippen molar-refractivity contribution < 1.29 is 14.2 Å². The van der Waals surface area contributed by atoms with E-state index in [1.165, 1.54) is 27.5 Å². The number of hydrogen-bond donors (Lipinski definition) is 1. The fourth-order valence-corrected chi connectivity index (χ4v) is 4.11. The second-order valence-corrected chi connectivity index (χ2v) is 6.90. The molecule has 4 rings (SSSR count). The van der Waals surface area contributed by atoms with Crippen molar-refractivity contribution in [3.63, 3.8) is 0 Å². The smallest absolute Gasteiger partial charge is 0.161 e. The van der Waals surface area contributed by atoms with E-state index in [0.29, 0.717) is 13.2 Å². The van der Waals surface area contributed by atoms with Gasteiger partial charge < -0.3 is 19.5 Å². The molecule has 0 bridgehead atoms. The lowest BCUT2D eigenvalue weighted by Crippen LogP contribution is -2.31. The van der Waals surface area contributed by atoms with Gasteiger partial charge in [0.05, 0.1) is 26.4 Å². The zero-order valence-electron chi connectivity index (χ0n) is 16.7. The first-order valence-corrected chi connectivity index (χ1v) is 9.98. The Balaban J connectivity index is 1.91. The van der Waals surface area contributed by atoms with Crippen LogP contribution in [0.25, 0.3) is 10.8 Å². The van der Waals surface area contributed by atoms with Crippen LogP contribution in [0.3, 0.4) is 0 Å². The molecule has 4 heteroatoms. The molecule has 1 atom stereocenters. The third kappa shape index (κ3) is 3.29. The monoisotopic (exact) mass is 377 g/mol. The van der Waals surface area contributed by atoms with Crippen LogP contribution >= 0.6 is 0 Å². The van der Waals surface area contributed by atoms with E-state index < -0.39 is 0 Å². The number of nitrogens with one attached hydrogen (secondary N) is 1. The molecule has 1 heterocycles. The molecule has 4 nitrogen and oxygen atoms in total. The summed E-state index contributed by atoms with van der Waals surface area (Å²) in [6.07, 6.45) is 0.964. The maximum atomic E-state index is 5.90. The molecule has 0 aromatic heterocycles. The minimum Gasteiger partial charge on any atom is -0.496 e. The van der Waals surface area contributed by atoms with E-state index in [4.69, 9.17) is 14.2 Å². The molecule has 0 spiro atoms. The van der Waals surface area contributed by atoms with Crippen LogP contribution in [0.2, 0.25) is 0 Å². The summed E-state index contributed by atoms with van der Waals surface area (Å²) in [5.41, 5.74) is 3.70. The SMILES string of the molecule is CCOc1cc2c(cc1OCC)[C@H](c1c(OC)ccc3ccccc13)NCC2. The van der Waals surface area contributed by atoms with Crippen LogP contribution in [-0.2, 0) is 6.42 Å². The third-order valence-electron chi connectivity index (χ3n) is 5.30. The van der Waals surface area contributed by atoms with E-state index in [0.717, 1.165) is 30.2 Å². The van der Waals surface area contributed by atoms with Gasteiger partial charge in [0.2, 0.25) is 0 Å². The first-order valence-electron chi connectivity index (χ1n) is 9.98. The normalized spacial score (nSPS) is 15.9. The summed E-state index contributed by atoms with van der Waals surface area (Å²) in [4.78, 5) is 0. The lowest BCUT2D eigenvalue weighted by atomic mass is 9.86. The highest BCUT2D eigenvalue weighted by Crippen LogP contribution is 2.42. The number of methoxy groups -OCH3 is 1. The van der Waals surface area contributed by atoms with E-state index in [1.54, 1.807) is 7.11 Å². The first kappa shape index (κ1) is 18.6. The van der Waals surface area contributed by atoms with E-state index >= 15 is 0 Å². The van der Waals surface area contributed by atoms with Crippen LogP contribution in [0.4, 0.5) is 0 Å². The molecular weight excluding hydrogens is 350 g/mol. The third-order valence-corrected chi connectivity index (χ3v) is 5.30. The molecule has 1 N–H and O–H groups in total. The summed E-state index contributed by atoms with van der Waals surface area (Å²) in [6, 6.07) is 17.0. The fraction of sp³-hybridized carbons (Fsp3) is 0.333. The van der Waals surface area contributed by atoms with Crippen molar-refractivity contribution in [2.75, 3.05) is 26.9 Å². The van der Waals surface area contributed by atoms with Crippen molar-refractivity contribution in [1.82, 2.24) is 5.32 Å². The van der Waals surface area contributed by atoms with Gasteiger partial charge in [-0.1, -0.05) is 30.3 Å². The fourth-order valence-electron chi connectivity index (χ4n) is 4.11. The molecule has 146 valence electrons. The highest BCUT2D eigenvalue weighted by Gasteiger charge is 2.27. The molecule has 0 unspecified atom stereocenters. The van der Waals surface area contributed by atoms with Gasteiger partial charge in [-0.05, 0) is 60.4 Å². The number of fused-ring (bicyclic) bond motifs is 2. The Bertz CT molecular complexity index is 983. The van der Waals surface area contributed by atoms with Crippen LogP contribution in [0.5, 0.6) is 17.2 Å². The Hall–Kier alpha value is -2.72. The van der Waals surface area contributed by atoms with Crippen molar-refractivity contribution in [3.8, 4) is 17.2 Å². The molecule has 0 aliphatic carbocycles. The van der Waals surface area contributed by atoms with Crippen LogP contribution in [0, 0.1) is 0 Å². The topological polar surface area (TPSA) is 39.7 Å². The van der Waals surface area contributed by atoms with Crippen molar-refractivity contribution in [2.24, 2.45) is 0 Å². The minimum absolute atomic E-state index is 0.0414. The molecule has 0 fully saturated rings. The molecular formula is C24H27NO3. The van der Waals surface area contributed by atoms with Gasteiger partial charge in [0.15, 0.2) is 11.5 Å². The maximum Gasteiger partial charge on any atom is 0.161 e. The lowest BCUT2D eigenvalue weighted by Gasteiger charge is -2.30. The average molecular weight is 377 g/mol. The summed E-state index contributed by atoms with van der Waals surface area (Å²) in [5, 5.41) is 6.12. The van der Waals surface area contributed by atoms with E-state index in [2.05, 4.69) is 53.8 Å². The quantitative estimate of drug-likeness (QED) is 0.664. The Morgan fingerprint density at radius 2 is 1.68 bits per heavy atom. The zero-order chi connectivity index (χ0) is 19.5. The summed E-state index contributed by atoms with van der Waals surface area (Å²) < 4.78 is 17.5. The second kappa shape index (κ2) is 8.11. The Morgan fingerprint density at radius 1 is 0.929 bits per heavy atom. The average Bonchev–Trinajstić information content (AvgIpc) is 2.73. The van der Waals surface area contributed by atoms with Crippen molar-refractivity contribution in [2.45, 2.75) is 26.3 Å². The molecule has 0 saturated heterocycles. The summed E-state index contributed by atoms with van der Waals surface area (Å²) >= 11 is 0. The van der Waals surface area contributed by atoms with Crippen molar-refractivity contribution in [1.29, 1.82) is 0 Å². The van der Waals surface area contributed by atoms with Crippen LogP contribution in [-0.4, -0.2) is 26.9 Å². The first-order chi connectivity index (χ1) is 13.8. The van der Waals surface area contributed by atoms with E-state index in [-0.39, 0.29) is 6.04 Å². The number of benzene rings is 3. The standard InChI is InChI=1S/C24H27NO3/c1-4-27-21-14-17-12-13-25-24(19(17)15-22(21)28-5-2)23-18-9-7-6-8-16(18)10-11-20(23)26-3/h6-11,14-15,24-25H,4-5,12-13H2,1-3H3/t24-/m1/s1. The second-order valence-electron chi connectivity index (χ2n) is 6.90. The predicted molar refractivity (Wildman–Crippen MR) is 113 cm³/mol. The zero-order valence-corrected chi connectivity index (χ0v) is 16.7. The van der Waals surface area contributed by atoms with Crippen LogP contribution in [0.15, 0.2) is 48.5 Å². The Morgan fingerprint density at radius 3 is 2.43 bits per heavy atom. The summed E-state index contributed by atoms with van der Waals surface area (Å²) in [5.74, 6) is 2.53. The number of ether oxygens (including phenoxy) is 3. The van der Waals surface area contributed by atoms with Gasteiger partial charge in [0, 0.05) is 12.1 Å². The largest absolute Gasteiger partial charge is 0.496 e. The van der Waals surface area contributed by atoms with Gasteiger partial charge in [-0.2, -0.15) is 0 Å². The Kier molecular flexibility index (Phi) is 5.40. The van der Waals surface area contributed by atoms with Gasteiger partial charge in [-0.15, -0.1) is 0 Å². The summed E-state index contributed by atoms with van der Waals surface area (Å²) in [7, 11) is 1.74. The van der Waals surface area contributed by atoms with Crippen molar-refractivity contribution >= 4 is 10.8 Å². The van der Waals surface area contributed by atoms with E-state index in [9.17, 15) is 0 Å². The Labute approximate surface area is 166 Å². The van der Waals surface area contributed by atoms with Crippen LogP contribution in [0.1, 0.15) is 36.6 Å². The molecule has 0 amide bonds. The number of rotatable bonds is 6. The minimum atomic E-state index is 0.0414. The van der Waals surface area contributed by atoms with E-state index in [1.807, 2.05) is 13.8 Å². The van der Waals surface area contributed by atoms with Crippen molar-refractivity contribution in [3.05, 3.63) is 65.2 Å².